The third-order valence-electron chi connectivity index (χ3n) is 2.34. The summed E-state index contributed by atoms with van der Waals surface area (Å²) in [5.41, 5.74) is 0. The largest absolute Gasteiger partial charge is 0.504 e. The highest BCUT2D eigenvalue weighted by molar-refractivity contribution is 7.72. The minimum Gasteiger partial charge on any atom is -0.504 e. The van der Waals surface area contributed by atoms with Gasteiger partial charge in [-0.25, -0.2) is 0 Å². The van der Waals surface area contributed by atoms with Crippen LogP contribution < -0.4 is 4.74 Å². The van der Waals surface area contributed by atoms with Crippen molar-refractivity contribution in [3.05, 3.63) is 18.2 Å². The van der Waals surface area contributed by atoms with Crippen molar-refractivity contribution in [3.63, 3.8) is 0 Å². The molecule has 1 aromatic carbocycles. The van der Waals surface area contributed by atoms with Crippen molar-refractivity contribution in [1.82, 2.24) is 0 Å². The molecule has 0 aliphatic heterocycles. The normalized spacial score (nSPS) is 13.3. The predicted molar refractivity (Wildman–Crippen MR) is 62.9 cm³/mol. The van der Waals surface area contributed by atoms with Gasteiger partial charge in [0.15, 0.2) is 11.5 Å². The second-order valence-electron chi connectivity index (χ2n) is 3.77. The SMILES string of the molecule is CC(Oc1ccc(O)c(O)c1)(P(=O)(O)O)P(=O)(O)O. The molecule has 19 heavy (non-hydrogen) atoms. The summed E-state index contributed by atoms with van der Waals surface area (Å²) >= 11 is 0. The fourth-order valence-electron chi connectivity index (χ4n) is 1.08. The van der Waals surface area contributed by atoms with Crippen LogP contribution >= 0.6 is 15.2 Å². The average molecular weight is 314 g/mol. The van der Waals surface area contributed by atoms with E-state index in [9.17, 15) is 14.2 Å². The molecular weight excluding hydrogens is 302 g/mol. The Morgan fingerprint density at radius 3 is 1.84 bits per heavy atom. The summed E-state index contributed by atoms with van der Waals surface area (Å²) in [6.45, 7) is 0.554. The number of aromatic hydroxyl groups is 2. The molecule has 0 amide bonds. The Labute approximate surface area is 107 Å². The van der Waals surface area contributed by atoms with Gasteiger partial charge in [0.25, 0.3) is 0 Å². The van der Waals surface area contributed by atoms with Gasteiger partial charge in [0.05, 0.1) is 0 Å². The molecular formula is C8H12O9P2. The molecule has 0 fully saturated rings. The van der Waals surface area contributed by atoms with Crippen LogP contribution in [0.5, 0.6) is 17.2 Å². The van der Waals surface area contributed by atoms with Crippen LogP contribution in [0.15, 0.2) is 18.2 Å². The highest BCUT2D eigenvalue weighted by atomic mass is 31.2. The molecule has 0 aromatic heterocycles. The van der Waals surface area contributed by atoms with E-state index in [1.54, 1.807) is 0 Å². The van der Waals surface area contributed by atoms with Gasteiger partial charge in [-0.05, 0) is 19.1 Å². The molecule has 1 rings (SSSR count). The fraction of sp³-hybridized carbons (Fsp3) is 0.250. The first kappa shape index (κ1) is 16.0. The van der Waals surface area contributed by atoms with Crippen LogP contribution in [0.1, 0.15) is 6.92 Å². The lowest BCUT2D eigenvalue weighted by Gasteiger charge is -2.31. The predicted octanol–water partition coefficient (Wildman–Crippen LogP) is 0.506. The number of benzene rings is 1. The van der Waals surface area contributed by atoms with Crippen molar-refractivity contribution in [2.45, 2.75) is 12.0 Å². The van der Waals surface area contributed by atoms with Crippen molar-refractivity contribution in [2.75, 3.05) is 0 Å². The lowest BCUT2D eigenvalue weighted by atomic mass is 10.3. The maximum atomic E-state index is 11.2. The van der Waals surface area contributed by atoms with E-state index in [1.807, 2.05) is 0 Å². The van der Waals surface area contributed by atoms with Gasteiger partial charge in [-0.15, -0.1) is 0 Å². The Hall–Kier alpha value is -1.08. The Bertz CT molecular complexity index is 550. The molecule has 11 heteroatoms. The van der Waals surface area contributed by atoms with E-state index in [0.29, 0.717) is 6.92 Å². The summed E-state index contributed by atoms with van der Waals surface area (Å²) in [5, 5.41) is 15.1. The molecule has 0 radical (unpaired) electrons. The number of hydrogen-bond donors (Lipinski definition) is 6. The van der Waals surface area contributed by atoms with Crippen molar-refractivity contribution in [3.8, 4) is 17.2 Å². The van der Waals surface area contributed by atoms with Crippen LogP contribution in [0.4, 0.5) is 0 Å². The molecule has 0 aliphatic rings. The van der Waals surface area contributed by atoms with Gasteiger partial charge in [0, 0.05) is 6.07 Å². The van der Waals surface area contributed by atoms with Gasteiger partial charge in [-0.2, -0.15) is 0 Å². The smallest absolute Gasteiger partial charge is 0.381 e. The van der Waals surface area contributed by atoms with Crippen LogP contribution in [0.25, 0.3) is 0 Å². The fourth-order valence-corrected chi connectivity index (χ4v) is 2.88. The van der Waals surface area contributed by atoms with Crippen LogP contribution in [0.3, 0.4) is 0 Å². The third kappa shape index (κ3) is 3.09. The van der Waals surface area contributed by atoms with Gasteiger partial charge in [-0.3, -0.25) is 9.13 Å². The van der Waals surface area contributed by atoms with Crippen molar-refractivity contribution in [1.29, 1.82) is 0 Å². The summed E-state index contributed by atoms with van der Waals surface area (Å²) in [6, 6.07) is 2.68. The molecule has 0 spiro atoms. The number of ether oxygens (including phenoxy) is 1. The minimum absolute atomic E-state index is 0.426. The Morgan fingerprint density at radius 1 is 1.00 bits per heavy atom. The Balaban J connectivity index is 3.28. The molecule has 6 N–H and O–H groups in total. The molecule has 9 nitrogen and oxygen atoms in total. The molecule has 0 heterocycles. The number of hydrogen-bond acceptors (Lipinski definition) is 5. The van der Waals surface area contributed by atoms with Gasteiger partial charge in [0.2, 0.25) is 0 Å². The molecule has 1 aromatic rings. The first-order valence-electron chi connectivity index (χ1n) is 4.71. The van der Waals surface area contributed by atoms with E-state index in [-0.39, 0.29) is 0 Å². The van der Waals surface area contributed by atoms with Gasteiger partial charge >= 0.3 is 20.3 Å². The molecule has 0 saturated carbocycles. The zero-order valence-electron chi connectivity index (χ0n) is 9.53. The second kappa shape index (κ2) is 4.79. The maximum Gasteiger partial charge on any atom is 0.381 e. The standard InChI is InChI=1S/C8H12O9P2/c1-8(18(11,12)13,19(14,15)16)17-5-2-3-6(9)7(10)4-5/h2-4,9-10H,1H3,(H2,11,12,13)(H2,14,15,16). The molecule has 0 bridgehead atoms. The van der Waals surface area contributed by atoms with Crippen LogP contribution in [0, 0.1) is 0 Å². The molecule has 0 atom stereocenters. The summed E-state index contributed by atoms with van der Waals surface area (Å²) < 4.78 is 27.1. The number of phenols is 2. The molecule has 0 unspecified atom stereocenters. The number of rotatable bonds is 4. The lowest BCUT2D eigenvalue weighted by Crippen LogP contribution is -2.32. The second-order valence-corrected chi connectivity index (χ2v) is 8.01. The summed E-state index contributed by atoms with van der Waals surface area (Å²) in [7, 11) is -10.7. The Kier molecular flexibility index (Phi) is 4.03. The quantitative estimate of drug-likeness (QED) is 0.343. The first-order valence-corrected chi connectivity index (χ1v) is 7.93. The van der Waals surface area contributed by atoms with E-state index in [2.05, 4.69) is 4.74 Å². The summed E-state index contributed by atoms with van der Waals surface area (Å²) in [4.78, 5) is 36.2. The van der Waals surface area contributed by atoms with Gasteiger partial charge in [0.1, 0.15) is 5.75 Å². The maximum absolute atomic E-state index is 11.2. The summed E-state index contributed by atoms with van der Waals surface area (Å²) in [6.07, 6.45) is 0. The highest BCUT2D eigenvalue weighted by Gasteiger charge is 2.59. The van der Waals surface area contributed by atoms with Crippen LogP contribution in [0.2, 0.25) is 0 Å². The first-order chi connectivity index (χ1) is 8.38. The summed E-state index contributed by atoms with van der Waals surface area (Å²) in [5.74, 6) is -1.62. The molecule has 0 aliphatic carbocycles. The lowest BCUT2D eigenvalue weighted by molar-refractivity contribution is 0.166. The van der Waals surface area contributed by atoms with E-state index in [1.165, 1.54) is 0 Å². The van der Waals surface area contributed by atoms with E-state index in [4.69, 9.17) is 24.7 Å². The van der Waals surface area contributed by atoms with Crippen molar-refractivity contribution in [2.24, 2.45) is 0 Å². The topological polar surface area (TPSA) is 165 Å². The van der Waals surface area contributed by atoms with E-state index >= 15 is 0 Å². The van der Waals surface area contributed by atoms with Crippen LogP contribution in [-0.4, -0.2) is 34.9 Å². The van der Waals surface area contributed by atoms with Crippen molar-refractivity contribution < 1.29 is 43.7 Å². The van der Waals surface area contributed by atoms with E-state index < -0.39 is 37.5 Å². The molecule has 0 saturated heterocycles. The Morgan fingerprint density at radius 2 is 1.47 bits per heavy atom. The van der Waals surface area contributed by atoms with Crippen LogP contribution in [-0.2, 0) is 9.13 Å². The van der Waals surface area contributed by atoms with Crippen molar-refractivity contribution >= 4 is 15.2 Å². The van der Waals surface area contributed by atoms with Gasteiger partial charge in [-0.1, -0.05) is 0 Å². The minimum atomic E-state index is -5.33. The highest BCUT2D eigenvalue weighted by Crippen LogP contribution is 2.68. The molecule has 108 valence electrons. The zero-order valence-corrected chi connectivity index (χ0v) is 11.3. The average Bonchev–Trinajstić information content (AvgIpc) is 2.20. The third-order valence-corrected chi connectivity index (χ3v) is 6.25. The number of phenolic OH excluding ortho intramolecular Hbond substituents is 2. The zero-order chi connectivity index (χ0) is 15.1. The van der Waals surface area contributed by atoms with E-state index in [0.717, 1.165) is 18.2 Å². The monoisotopic (exact) mass is 314 g/mol. The van der Waals surface area contributed by atoms with Gasteiger partial charge < -0.3 is 34.5 Å².